The molecule has 1 fully saturated rings. The molecule has 4 nitrogen and oxygen atoms in total. The van der Waals surface area contributed by atoms with Crippen LogP contribution in [0.15, 0.2) is 24.3 Å². The van der Waals surface area contributed by atoms with Crippen LogP contribution in [0.25, 0.3) is 0 Å². The second kappa shape index (κ2) is 4.63. The summed E-state index contributed by atoms with van der Waals surface area (Å²) < 4.78 is 0. The van der Waals surface area contributed by atoms with Crippen LogP contribution in [-0.4, -0.2) is 42.0 Å². The minimum Gasteiger partial charge on any atom is -0.336 e. The number of carbonyl (C=O) groups excluding carboxylic acids is 1. The molecule has 0 aromatic heterocycles. The van der Waals surface area contributed by atoms with Crippen LogP contribution >= 0.6 is 0 Å². The monoisotopic (exact) mass is 219 g/mol. The maximum Gasteiger partial charge on any atom is 0.254 e. The van der Waals surface area contributed by atoms with Crippen molar-refractivity contribution >= 4 is 5.91 Å². The van der Waals surface area contributed by atoms with Gasteiger partial charge in [-0.15, -0.1) is 0 Å². The van der Waals surface area contributed by atoms with E-state index in [4.69, 9.17) is 5.84 Å². The summed E-state index contributed by atoms with van der Waals surface area (Å²) in [7, 11) is 0. The Morgan fingerprint density at radius 1 is 1.19 bits per heavy atom. The van der Waals surface area contributed by atoms with Gasteiger partial charge in [-0.05, 0) is 18.6 Å². The highest BCUT2D eigenvalue weighted by Crippen LogP contribution is 2.11. The van der Waals surface area contributed by atoms with Crippen molar-refractivity contribution in [3.05, 3.63) is 35.4 Å². The Labute approximate surface area is 95.6 Å². The summed E-state index contributed by atoms with van der Waals surface area (Å²) >= 11 is 0. The SMILES string of the molecule is Cc1ccccc1C(=O)N1CCN(N)CC1. The Kier molecular flexibility index (Phi) is 3.22. The van der Waals surface area contributed by atoms with Crippen molar-refractivity contribution in [1.29, 1.82) is 0 Å². The van der Waals surface area contributed by atoms with Gasteiger partial charge in [-0.2, -0.15) is 0 Å². The van der Waals surface area contributed by atoms with Crippen molar-refractivity contribution < 1.29 is 4.79 Å². The first kappa shape index (κ1) is 11.1. The van der Waals surface area contributed by atoms with Crippen molar-refractivity contribution in [3.8, 4) is 0 Å². The number of carbonyl (C=O) groups is 1. The zero-order valence-corrected chi connectivity index (χ0v) is 9.52. The van der Waals surface area contributed by atoms with Gasteiger partial charge in [-0.1, -0.05) is 18.2 Å². The fourth-order valence-electron chi connectivity index (χ4n) is 1.91. The number of amides is 1. The number of nitrogens with zero attached hydrogens (tertiary/aromatic N) is 2. The van der Waals surface area contributed by atoms with Crippen LogP contribution in [0.4, 0.5) is 0 Å². The molecular formula is C12H17N3O. The van der Waals surface area contributed by atoms with Gasteiger partial charge in [0.15, 0.2) is 0 Å². The van der Waals surface area contributed by atoms with Gasteiger partial charge in [0.05, 0.1) is 0 Å². The minimum absolute atomic E-state index is 0.117. The van der Waals surface area contributed by atoms with Gasteiger partial charge in [0.2, 0.25) is 0 Å². The molecule has 0 bridgehead atoms. The van der Waals surface area contributed by atoms with Gasteiger partial charge >= 0.3 is 0 Å². The highest BCUT2D eigenvalue weighted by molar-refractivity contribution is 5.95. The predicted molar refractivity (Wildman–Crippen MR) is 62.8 cm³/mol. The van der Waals surface area contributed by atoms with Crippen LogP contribution in [0.1, 0.15) is 15.9 Å². The highest BCUT2D eigenvalue weighted by Gasteiger charge is 2.21. The smallest absolute Gasteiger partial charge is 0.254 e. The van der Waals surface area contributed by atoms with Gasteiger partial charge in [-0.3, -0.25) is 10.6 Å². The third kappa shape index (κ3) is 2.23. The second-order valence-electron chi connectivity index (χ2n) is 4.14. The van der Waals surface area contributed by atoms with E-state index >= 15 is 0 Å². The molecule has 1 amide bonds. The molecule has 86 valence electrons. The number of hydrogen-bond acceptors (Lipinski definition) is 3. The van der Waals surface area contributed by atoms with Gasteiger partial charge < -0.3 is 4.90 Å². The normalized spacial score (nSPS) is 17.5. The molecule has 1 aliphatic heterocycles. The summed E-state index contributed by atoms with van der Waals surface area (Å²) in [4.78, 5) is 14.1. The summed E-state index contributed by atoms with van der Waals surface area (Å²) in [5, 5.41) is 1.75. The molecule has 2 rings (SSSR count). The van der Waals surface area contributed by atoms with E-state index in [0.717, 1.165) is 24.2 Å². The summed E-state index contributed by atoms with van der Waals surface area (Å²) in [6.45, 7) is 4.88. The fourth-order valence-corrected chi connectivity index (χ4v) is 1.91. The average Bonchev–Trinajstić information content (AvgIpc) is 2.30. The molecule has 1 aliphatic rings. The fraction of sp³-hybridized carbons (Fsp3) is 0.417. The minimum atomic E-state index is 0.117. The van der Waals surface area contributed by atoms with E-state index in [1.165, 1.54) is 0 Å². The highest BCUT2D eigenvalue weighted by atomic mass is 16.2. The Bertz CT molecular complexity index is 384. The summed E-state index contributed by atoms with van der Waals surface area (Å²) in [6, 6.07) is 7.70. The first-order chi connectivity index (χ1) is 7.68. The molecule has 0 radical (unpaired) electrons. The summed E-state index contributed by atoms with van der Waals surface area (Å²) in [5.41, 5.74) is 1.83. The Balaban J connectivity index is 2.11. The first-order valence-corrected chi connectivity index (χ1v) is 5.53. The Hall–Kier alpha value is -1.39. The van der Waals surface area contributed by atoms with Crippen LogP contribution < -0.4 is 5.84 Å². The molecule has 0 atom stereocenters. The zero-order valence-electron chi connectivity index (χ0n) is 9.52. The molecule has 0 unspecified atom stereocenters. The van der Waals surface area contributed by atoms with Crippen LogP contribution in [0.5, 0.6) is 0 Å². The quantitative estimate of drug-likeness (QED) is 0.705. The molecular weight excluding hydrogens is 202 g/mol. The predicted octanol–water partition coefficient (Wildman–Crippen LogP) is 0.627. The van der Waals surface area contributed by atoms with E-state index in [-0.39, 0.29) is 5.91 Å². The molecule has 0 saturated carbocycles. The number of piperazine rings is 1. The lowest BCUT2D eigenvalue weighted by atomic mass is 10.1. The number of aryl methyl sites for hydroxylation is 1. The van der Waals surface area contributed by atoms with Gasteiger partial charge in [0, 0.05) is 31.7 Å². The Morgan fingerprint density at radius 2 is 1.81 bits per heavy atom. The lowest BCUT2D eigenvalue weighted by Gasteiger charge is -2.32. The molecule has 0 aliphatic carbocycles. The number of hydrogen-bond donors (Lipinski definition) is 1. The summed E-state index contributed by atoms with van der Waals surface area (Å²) in [6.07, 6.45) is 0. The first-order valence-electron chi connectivity index (χ1n) is 5.53. The van der Waals surface area contributed by atoms with E-state index in [1.54, 1.807) is 5.01 Å². The largest absolute Gasteiger partial charge is 0.336 e. The van der Waals surface area contributed by atoms with Crippen LogP contribution in [0, 0.1) is 6.92 Å². The van der Waals surface area contributed by atoms with E-state index in [2.05, 4.69) is 0 Å². The number of hydrazine groups is 1. The van der Waals surface area contributed by atoms with Crippen LogP contribution in [-0.2, 0) is 0 Å². The molecule has 0 spiro atoms. The molecule has 16 heavy (non-hydrogen) atoms. The third-order valence-corrected chi connectivity index (χ3v) is 2.98. The van der Waals surface area contributed by atoms with E-state index < -0.39 is 0 Å². The second-order valence-corrected chi connectivity index (χ2v) is 4.14. The molecule has 4 heteroatoms. The van der Waals surface area contributed by atoms with Gasteiger partial charge in [-0.25, -0.2) is 5.01 Å². The topological polar surface area (TPSA) is 49.6 Å². The van der Waals surface area contributed by atoms with Crippen molar-refractivity contribution in [2.45, 2.75) is 6.92 Å². The molecule has 1 aromatic rings. The van der Waals surface area contributed by atoms with Crippen LogP contribution in [0.3, 0.4) is 0 Å². The third-order valence-electron chi connectivity index (χ3n) is 2.98. The Morgan fingerprint density at radius 3 is 2.44 bits per heavy atom. The number of nitrogens with two attached hydrogens (primary N) is 1. The van der Waals surface area contributed by atoms with Gasteiger partial charge in [0.25, 0.3) is 5.91 Å². The molecule has 1 heterocycles. The zero-order chi connectivity index (χ0) is 11.5. The number of benzene rings is 1. The molecule has 1 saturated heterocycles. The van der Waals surface area contributed by atoms with Crippen molar-refractivity contribution in [1.82, 2.24) is 9.91 Å². The van der Waals surface area contributed by atoms with Crippen molar-refractivity contribution in [2.75, 3.05) is 26.2 Å². The number of rotatable bonds is 1. The van der Waals surface area contributed by atoms with E-state index in [1.807, 2.05) is 36.1 Å². The van der Waals surface area contributed by atoms with E-state index in [9.17, 15) is 4.79 Å². The van der Waals surface area contributed by atoms with E-state index in [0.29, 0.717) is 13.1 Å². The average molecular weight is 219 g/mol. The maximum absolute atomic E-state index is 12.2. The van der Waals surface area contributed by atoms with Crippen molar-refractivity contribution in [3.63, 3.8) is 0 Å². The van der Waals surface area contributed by atoms with Crippen molar-refractivity contribution in [2.24, 2.45) is 5.84 Å². The van der Waals surface area contributed by atoms with Crippen LogP contribution in [0.2, 0.25) is 0 Å². The summed E-state index contributed by atoms with van der Waals surface area (Å²) in [5.74, 6) is 5.78. The van der Waals surface area contributed by atoms with Gasteiger partial charge in [0.1, 0.15) is 0 Å². The lowest BCUT2D eigenvalue weighted by molar-refractivity contribution is 0.0637. The maximum atomic E-state index is 12.2. The molecule has 1 aromatic carbocycles. The standard InChI is InChI=1S/C12H17N3O/c1-10-4-2-3-5-11(10)12(16)14-6-8-15(13)9-7-14/h2-5H,6-9,13H2,1H3. The molecule has 2 N–H and O–H groups in total. The lowest BCUT2D eigenvalue weighted by Crippen LogP contribution is -2.51.